The average Bonchev–Trinajstić information content (AvgIpc) is 3.30. The number of nitrogens with zero attached hydrogens (tertiary/aromatic N) is 4. The van der Waals surface area contributed by atoms with Gasteiger partial charge in [-0.2, -0.15) is 0 Å². The molecule has 1 fully saturated rings. The van der Waals surface area contributed by atoms with Gasteiger partial charge in [-0.15, -0.1) is 23.1 Å². The molecule has 1 saturated heterocycles. The van der Waals surface area contributed by atoms with E-state index in [4.69, 9.17) is 24.7 Å². The number of esters is 1. The molecule has 0 spiro atoms. The fourth-order valence-electron chi connectivity index (χ4n) is 3.47. The zero-order valence-electron chi connectivity index (χ0n) is 22.1. The van der Waals surface area contributed by atoms with E-state index < -0.39 is 59.6 Å². The van der Waals surface area contributed by atoms with Crippen molar-refractivity contribution >= 4 is 64.0 Å². The third kappa shape index (κ3) is 6.92. The first-order chi connectivity index (χ1) is 18.8. The number of anilines is 1. The Morgan fingerprint density at radius 3 is 2.55 bits per heavy atom. The van der Waals surface area contributed by atoms with Crippen LogP contribution in [0.5, 0.6) is 0 Å². The number of aromatic nitrogens is 1. The van der Waals surface area contributed by atoms with E-state index in [0.29, 0.717) is 0 Å². The fourth-order valence-corrected chi connectivity index (χ4v) is 5.34. The molecule has 3 atom stereocenters. The topological polar surface area (TPSA) is 212 Å². The summed E-state index contributed by atoms with van der Waals surface area (Å²) in [7, 11) is 2.95. The minimum atomic E-state index is -1.38. The van der Waals surface area contributed by atoms with Gasteiger partial charge in [0.15, 0.2) is 10.8 Å². The van der Waals surface area contributed by atoms with E-state index in [1.165, 1.54) is 43.1 Å². The SMILES string of the molecule is CC(C)OC(=O)O[C@@H](C)OC(=O)C1=C(COC(=O)N(C)C)CS[C@@H]2[C@H](NC(=O)/C(=N\O)c3cs[14c](N)n3)C(=O)N12. The van der Waals surface area contributed by atoms with Gasteiger partial charge in [0.2, 0.25) is 6.29 Å². The van der Waals surface area contributed by atoms with Gasteiger partial charge in [0.05, 0.1) is 6.10 Å². The first kappa shape index (κ1) is 30.5. The highest BCUT2D eigenvalue weighted by Crippen LogP contribution is 2.41. The van der Waals surface area contributed by atoms with Crippen LogP contribution >= 0.6 is 23.1 Å². The number of fused-ring (bicyclic) bond motifs is 1. The van der Waals surface area contributed by atoms with Gasteiger partial charge in [0.25, 0.3) is 11.8 Å². The van der Waals surface area contributed by atoms with Gasteiger partial charge in [-0.25, -0.2) is 19.4 Å². The number of ether oxygens (including phenoxy) is 4. The molecular formula is C22H28N6O10S2. The van der Waals surface area contributed by atoms with Crippen molar-refractivity contribution in [3.05, 3.63) is 22.3 Å². The van der Waals surface area contributed by atoms with E-state index >= 15 is 0 Å². The van der Waals surface area contributed by atoms with Crippen LogP contribution in [0, 0.1) is 0 Å². The van der Waals surface area contributed by atoms with Gasteiger partial charge < -0.3 is 40.1 Å². The van der Waals surface area contributed by atoms with Crippen LogP contribution in [0.1, 0.15) is 26.5 Å². The van der Waals surface area contributed by atoms with Crippen molar-refractivity contribution in [1.82, 2.24) is 20.1 Å². The quantitative estimate of drug-likeness (QED) is 0.0676. The number of rotatable bonds is 9. The molecule has 1 aromatic rings. The maximum atomic E-state index is 13.2. The first-order valence-electron chi connectivity index (χ1n) is 11.7. The Kier molecular flexibility index (Phi) is 9.80. The van der Waals surface area contributed by atoms with Gasteiger partial charge >= 0.3 is 18.2 Å². The maximum Gasteiger partial charge on any atom is 0.511 e. The molecule has 0 unspecified atom stereocenters. The molecule has 16 nitrogen and oxygen atoms in total. The second-order valence-electron chi connectivity index (χ2n) is 8.79. The number of carbonyl (C=O) groups excluding carboxylic acids is 5. The summed E-state index contributed by atoms with van der Waals surface area (Å²) >= 11 is 2.22. The number of hydrogen-bond donors (Lipinski definition) is 3. The lowest BCUT2D eigenvalue weighted by Crippen LogP contribution is -2.71. The van der Waals surface area contributed by atoms with Gasteiger partial charge in [0.1, 0.15) is 29.4 Å². The molecule has 4 N–H and O–H groups in total. The second-order valence-corrected chi connectivity index (χ2v) is 10.8. The van der Waals surface area contributed by atoms with Crippen molar-refractivity contribution in [1.29, 1.82) is 0 Å². The van der Waals surface area contributed by atoms with Crippen molar-refractivity contribution in [3.63, 3.8) is 0 Å². The van der Waals surface area contributed by atoms with Crippen LogP contribution in [0.4, 0.5) is 14.7 Å². The van der Waals surface area contributed by atoms with E-state index in [1.54, 1.807) is 13.8 Å². The molecule has 0 bridgehead atoms. The summed E-state index contributed by atoms with van der Waals surface area (Å²) in [6.07, 6.45) is -3.60. The predicted molar refractivity (Wildman–Crippen MR) is 140 cm³/mol. The average molecular weight is 603 g/mol. The highest BCUT2D eigenvalue weighted by atomic mass is 32.2. The Hall–Kier alpha value is -4.06. The number of nitrogen functional groups attached to an aromatic ring is 1. The number of amides is 3. The van der Waals surface area contributed by atoms with Crippen LogP contribution in [0.2, 0.25) is 0 Å². The Balaban J connectivity index is 1.79. The van der Waals surface area contributed by atoms with E-state index in [-0.39, 0.29) is 34.5 Å². The molecule has 1 aromatic heterocycles. The Labute approximate surface area is 236 Å². The molecule has 40 heavy (non-hydrogen) atoms. The lowest BCUT2D eigenvalue weighted by molar-refractivity contribution is -0.169. The normalized spacial score (nSPS) is 19.3. The summed E-state index contributed by atoms with van der Waals surface area (Å²) in [6.45, 7) is 4.16. The zero-order chi connectivity index (χ0) is 29.7. The molecular weight excluding hydrogens is 574 g/mol. The number of thioether (sulfide) groups is 1. The van der Waals surface area contributed by atoms with Crippen LogP contribution in [0.25, 0.3) is 0 Å². The lowest BCUT2D eigenvalue weighted by atomic mass is 10.0. The monoisotopic (exact) mass is 602 g/mol. The van der Waals surface area contributed by atoms with Crippen LogP contribution < -0.4 is 11.1 Å². The number of nitrogens with one attached hydrogen (secondary N) is 1. The molecule has 0 saturated carbocycles. The fraction of sp³-hybridized carbons (Fsp3) is 0.500. The van der Waals surface area contributed by atoms with Gasteiger partial charge in [-0.05, 0) is 13.8 Å². The number of hydrogen-bond acceptors (Lipinski definition) is 15. The molecule has 3 heterocycles. The van der Waals surface area contributed by atoms with E-state index in [0.717, 1.165) is 16.2 Å². The lowest BCUT2D eigenvalue weighted by Gasteiger charge is -2.49. The highest BCUT2D eigenvalue weighted by Gasteiger charge is 2.55. The van der Waals surface area contributed by atoms with Gasteiger partial charge in [0, 0.05) is 37.7 Å². The van der Waals surface area contributed by atoms with Crippen LogP contribution in [-0.4, -0.2) is 106 Å². The van der Waals surface area contributed by atoms with Crippen LogP contribution in [0.15, 0.2) is 21.8 Å². The van der Waals surface area contributed by atoms with Gasteiger partial charge in [-0.3, -0.25) is 14.5 Å². The van der Waals surface area contributed by atoms with Crippen molar-refractivity contribution in [2.24, 2.45) is 5.16 Å². The Bertz CT molecular complexity index is 1250. The molecule has 0 aliphatic carbocycles. The molecule has 218 valence electrons. The minimum Gasteiger partial charge on any atom is -0.445 e. The van der Waals surface area contributed by atoms with E-state index in [2.05, 4.69) is 15.5 Å². The first-order valence-corrected chi connectivity index (χ1v) is 13.6. The molecule has 18 heteroatoms. The summed E-state index contributed by atoms with van der Waals surface area (Å²) in [5.74, 6) is -2.48. The summed E-state index contributed by atoms with van der Waals surface area (Å²) in [5.41, 5.74) is 5.17. The standard InChI is InChI=1S/C22H28N6O10S2/c1-9(2)36-22(33)38-10(3)37-19(31)15-11(6-35-21(32)27(4)5)7-39-18-14(17(30)28(15)18)25-16(29)13(26-34)12-8-40-20(23)24-12/h8-10,14,18,34H,6-7H2,1-5H3,(H2,23,24)(H,25,29)/b26-13-/t10-,14+,18+/m0/s1/i20+2. The molecule has 0 aromatic carbocycles. The van der Waals surface area contributed by atoms with Crippen molar-refractivity contribution in [2.45, 2.75) is 44.6 Å². The van der Waals surface area contributed by atoms with Crippen molar-refractivity contribution in [2.75, 3.05) is 32.2 Å². The number of nitrogens with two attached hydrogens (primary N) is 1. The molecule has 3 amide bonds. The Morgan fingerprint density at radius 2 is 1.98 bits per heavy atom. The predicted octanol–water partition coefficient (Wildman–Crippen LogP) is 0.707. The number of carbonyl (C=O) groups is 5. The third-order valence-corrected chi connectivity index (χ3v) is 7.22. The summed E-state index contributed by atoms with van der Waals surface area (Å²) < 4.78 is 20.2. The summed E-state index contributed by atoms with van der Waals surface area (Å²) in [5, 5.41) is 15.6. The molecule has 2 aliphatic heterocycles. The Morgan fingerprint density at radius 1 is 1.27 bits per heavy atom. The van der Waals surface area contributed by atoms with Crippen LogP contribution in [-0.2, 0) is 33.3 Å². The molecule has 2 aliphatic rings. The summed E-state index contributed by atoms with van der Waals surface area (Å²) in [4.78, 5) is 69.1. The maximum absolute atomic E-state index is 13.2. The smallest absolute Gasteiger partial charge is 0.445 e. The number of β-lactam (4-membered cyclic amide) rings is 1. The molecule has 0 radical (unpaired) electrons. The molecule has 3 rings (SSSR count). The highest BCUT2D eigenvalue weighted by molar-refractivity contribution is 8.00. The minimum absolute atomic E-state index is 0.0153. The third-order valence-electron chi connectivity index (χ3n) is 5.21. The van der Waals surface area contributed by atoms with E-state index in [9.17, 15) is 29.2 Å². The van der Waals surface area contributed by atoms with Gasteiger partial charge in [-0.1, -0.05) is 5.16 Å². The summed E-state index contributed by atoms with van der Waals surface area (Å²) in [6, 6.07) is -1.10. The number of oxime groups is 1. The van der Waals surface area contributed by atoms with Crippen LogP contribution in [0.3, 0.4) is 0 Å². The zero-order valence-corrected chi connectivity index (χ0v) is 23.7. The van der Waals surface area contributed by atoms with E-state index in [1.807, 2.05) is 0 Å². The second kappa shape index (κ2) is 12.9. The van der Waals surface area contributed by atoms with Crippen molar-refractivity contribution in [3.8, 4) is 0 Å². The largest absolute Gasteiger partial charge is 0.511 e. The number of thiazole rings is 1. The van der Waals surface area contributed by atoms with Crippen molar-refractivity contribution < 1.29 is 48.1 Å².